The summed E-state index contributed by atoms with van der Waals surface area (Å²) in [6.45, 7) is 2.63. The van der Waals surface area contributed by atoms with Gasteiger partial charge in [0, 0.05) is 18.9 Å². The molecule has 0 aliphatic carbocycles. The highest BCUT2D eigenvalue weighted by atomic mass is 16.6. The summed E-state index contributed by atoms with van der Waals surface area (Å²) in [6.07, 6.45) is 3.97. The Morgan fingerprint density at radius 3 is 3.08 bits per heavy atom. The minimum atomic E-state index is -0.290. The SMILES string of the molecule is CCCn1ccnc(ON)c1=O. The molecular weight excluding hydrogens is 158 g/mol. The van der Waals surface area contributed by atoms with Crippen LogP contribution in [0.4, 0.5) is 0 Å². The fourth-order valence-electron chi connectivity index (χ4n) is 0.925. The minimum Gasteiger partial charge on any atom is -0.385 e. The Labute approximate surface area is 69.7 Å². The van der Waals surface area contributed by atoms with Crippen molar-refractivity contribution in [3.63, 3.8) is 0 Å². The summed E-state index contributed by atoms with van der Waals surface area (Å²) < 4.78 is 1.51. The van der Waals surface area contributed by atoms with Gasteiger partial charge in [0.05, 0.1) is 0 Å². The summed E-state index contributed by atoms with van der Waals surface area (Å²) in [4.78, 5) is 19.2. The molecule has 0 saturated heterocycles. The number of aryl methyl sites for hydroxylation is 1. The number of rotatable bonds is 3. The summed E-state index contributed by atoms with van der Waals surface area (Å²) in [5, 5.41) is 0. The lowest BCUT2D eigenvalue weighted by Gasteiger charge is -2.03. The molecule has 2 N–H and O–H groups in total. The van der Waals surface area contributed by atoms with Crippen LogP contribution >= 0.6 is 0 Å². The fraction of sp³-hybridized carbons (Fsp3) is 0.429. The first-order chi connectivity index (χ1) is 5.79. The molecule has 66 valence electrons. The van der Waals surface area contributed by atoms with E-state index in [-0.39, 0.29) is 11.4 Å². The average Bonchev–Trinajstić information content (AvgIpc) is 2.09. The summed E-state index contributed by atoms with van der Waals surface area (Å²) in [6, 6.07) is 0. The minimum absolute atomic E-state index is 0.0639. The third kappa shape index (κ3) is 1.62. The van der Waals surface area contributed by atoms with Gasteiger partial charge in [0.1, 0.15) is 0 Å². The third-order valence-electron chi connectivity index (χ3n) is 1.46. The number of hydrogen-bond donors (Lipinski definition) is 1. The van der Waals surface area contributed by atoms with Gasteiger partial charge >= 0.3 is 11.4 Å². The smallest absolute Gasteiger partial charge is 0.315 e. The van der Waals surface area contributed by atoms with Gasteiger partial charge in [0.25, 0.3) is 0 Å². The Kier molecular flexibility index (Phi) is 2.82. The molecule has 1 aromatic rings. The summed E-state index contributed by atoms with van der Waals surface area (Å²) >= 11 is 0. The normalized spacial score (nSPS) is 9.83. The Balaban J connectivity index is 3.06. The predicted molar refractivity (Wildman–Crippen MR) is 43.6 cm³/mol. The number of nitrogens with zero attached hydrogens (tertiary/aromatic N) is 2. The molecule has 5 nitrogen and oxygen atoms in total. The summed E-state index contributed by atoms with van der Waals surface area (Å²) in [5.74, 6) is 4.78. The highest BCUT2D eigenvalue weighted by Gasteiger charge is 2.02. The molecule has 0 saturated carbocycles. The zero-order chi connectivity index (χ0) is 8.97. The molecule has 0 aliphatic heterocycles. The molecule has 1 heterocycles. The van der Waals surface area contributed by atoms with Crippen LogP contribution in [0.15, 0.2) is 17.2 Å². The van der Waals surface area contributed by atoms with E-state index in [1.165, 1.54) is 10.8 Å². The summed E-state index contributed by atoms with van der Waals surface area (Å²) in [5.41, 5.74) is -0.290. The monoisotopic (exact) mass is 169 g/mol. The molecule has 0 spiro atoms. The average molecular weight is 169 g/mol. The maximum Gasteiger partial charge on any atom is 0.315 e. The first-order valence-corrected chi connectivity index (χ1v) is 3.71. The molecule has 1 aromatic heterocycles. The fourth-order valence-corrected chi connectivity index (χ4v) is 0.925. The van der Waals surface area contributed by atoms with E-state index in [2.05, 4.69) is 9.82 Å². The molecule has 1 rings (SSSR count). The molecule has 0 unspecified atom stereocenters. The van der Waals surface area contributed by atoms with Crippen LogP contribution in [0.2, 0.25) is 0 Å². The van der Waals surface area contributed by atoms with Crippen LogP contribution in [0.1, 0.15) is 13.3 Å². The van der Waals surface area contributed by atoms with Crippen molar-refractivity contribution in [2.24, 2.45) is 5.90 Å². The molecule has 0 bridgehead atoms. The van der Waals surface area contributed by atoms with Crippen molar-refractivity contribution in [1.29, 1.82) is 0 Å². The van der Waals surface area contributed by atoms with Crippen LogP contribution in [-0.2, 0) is 6.54 Å². The van der Waals surface area contributed by atoms with Crippen molar-refractivity contribution in [2.45, 2.75) is 19.9 Å². The van der Waals surface area contributed by atoms with Gasteiger partial charge in [-0.05, 0) is 6.42 Å². The maximum absolute atomic E-state index is 11.3. The van der Waals surface area contributed by atoms with E-state index in [9.17, 15) is 4.79 Å². The molecule has 5 heteroatoms. The van der Waals surface area contributed by atoms with E-state index < -0.39 is 0 Å². The zero-order valence-electron chi connectivity index (χ0n) is 6.86. The molecule has 0 aromatic carbocycles. The Morgan fingerprint density at radius 1 is 1.75 bits per heavy atom. The van der Waals surface area contributed by atoms with Gasteiger partial charge in [-0.2, -0.15) is 5.90 Å². The Bertz CT molecular complexity index is 308. The van der Waals surface area contributed by atoms with Crippen molar-refractivity contribution >= 4 is 0 Å². The van der Waals surface area contributed by atoms with Gasteiger partial charge in [-0.3, -0.25) is 4.79 Å². The lowest BCUT2D eigenvalue weighted by molar-refractivity contribution is 0.311. The lowest BCUT2D eigenvalue weighted by Crippen LogP contribution is -2.24. The predicted octanol–water partition coefficient (Wildman–Crippen LogP) is -0.0942. The van der Waals surface area contributed by atoms with Crippen LogP contribution in [0.5, 0.6) is 5.88 Å². The third-order valence-corrected chi connectivity index (χ3v) is 1.46. The molecule has 12 heavy (non-hydrogen) atoms. The van der Waals surface area contributed by atoms with Crippen LogP contribution < -0.4 is 16.3 Å². The van der Waals surface area contributed by atoms with Gasteiger partial charge in [-0.15, -0.1) is 0 Å². The zero-order valence-corrected chi connectivity index (χ0v) is 6.86. The Morgan fingerprint density at radius 2 is 2.50 bits per heavy atom. The number of hydrogen-bond acceptors (Lipinski definition) is 4. The first kappa shape index (κ1) is 8.73. The van der Waals surface area contributed by atoms with E-state index in [0.717, 1.165) is 6.42 Å². The molecule has 0 atom stereocenters. The lowest BCUT2D eigenvalue weighted by atomic mass is 10.4. The van der Waals surface area contributed by atoms with Crippen molar-refractivity contribution < 1.29 is 4.84 Å². The largest absolute Gasteiger partial charge is 0.385 e. The standard InChI is InChI=1S/C7H11N3O2/c1-2-4-10-5-3-9-6(12-8)7(10)11/h3,5H,2,4,8H2,1H3. The molecular formula is C7H11N3O2. The number of aromatic nitrogens is 2. The number of nitrogens with two attached hydrogens (primary N) is 1. The second-order valence-corrected chi connectivity index (χ2v) is 2.35. The topological polar surface area (TPSA) is 70.1 Å². The van der Waals surface area contributed by atoms with Gasteiger partial charge in [0.15, 0.2) is 0 Å². The van der Waals surface area contributed by atoms with E-state index in [1.54, 1.807) is 6.20 Å². The van der Waals surface area contributed by atoms with Crippen molar-refractivity contribution in [1.82, 2.24) is 9.55 Å². The van der Waals surface area contributed by atoms with Crippen LogP contribution in [0.25, 0.3) is 0 Å². The van der Waals surface area contributed by atoms with E-state index in [0.29, 0.717) is 6.54 Å². The molecule has 0 aliphatic rings. The van der Waals surface area contributed by atoms with Crippen molar-refractivity contribution in [3.05, 3.63) is 22.7 Å². The van der Waals surface area contributed by atoms with Crippen molar-refractivity contribution in [3.8, 4) is 5.88 Å². The van der Waals surface area contributed by atoms with Gasteiger partial charge in [-0.1, -0.05) is 6.92 Å². The quantitative estimate of drug-likeness (QED) is 0.642. The van der Waals surface area contributed by atoms with Crippen molar-refractivity contribution in [2.75, 3.05) is 0 Å². The second kappa shape index (κ2) is 3.87. The van der Waals surface area contributed by atoms with Crippen LogP contribution in [0, 0.1) is 0 Å². The molecule has 0 fully saturated rings. The highest BCUT2D eigenvalue weighted by Crippen LogP contribution is 1.93. The molecule has 0 radical (unpaired) electrons. The highest BCUT2D eigenvalue weighted by molar-refractivity contribution is 5.03. The van der Waals surface area contributed by atoms with Gasteiger partial charge < -0.3 is 9.40 Å². The van der Waals surface area contributed by atoms with Crippen LogP contribution in [-0.4, -0.2) is 9.55 Å². The van der Waals surface area contributed by atoms with Gasteiger partial charge in [0.2, 0.25) is 0 Å². The Hall–Kier alpha value is -1.36. The maximum atomic E-state index is 11.3. The first-order valence-electron chi connectivity index (χ1n) is 3.71. The van der Waals surface area contributed by atoms with Gasteiger partial charge in [-0.25, -0.2) is 4.98 Å². The van der Waals surface area contributed by atoms with E-state index >= 15 is 0 Å². The molecule has 0 amide bonds. The van der Waals surface area contributed by atoms with Crippen LogP contribution in [0.3, 0.4) is 0 Å². The van der Waals surface area contributed by atoms with E-state index in [4.69, 9.17) is 5.90 Å². The second-order valence-electron chi connectivity index (χ2n) is 2.35. The van der Waals surface area contributed by atoms with E-state index in [1.807, 2.05) is 6.92 Å². The summed E-state index contributed by atoms with van der Waals surface area (Å²) in [7, 11) is 0.